The predicted molar refractivity (Wildman–Crippen MR) is 55.5 cm³/mol. The van der Waals surface area contributed by atoms with Gasteiger partial charge >= 0.3 is 5.97 Å². The lowest BCUT2D eigenvalue weighted by atomic mass is 9.88. The maximum absolute atomic E-state index is 11.8. The zero-order chi connectivity index (χ0) is 11.5. The minimum absolute atomic E-state index is 0.0325. The standard InChI is InChI=1S/C10H18N2O3/c1-7(5-8(13)14)12-9(15)10(2)3-4-11-6-10/h7,11H,3-6H2,1-2H3,(H,12,15)(H,13,14). The minimum Gasteiger partial charge on any atom is -0.481 e. The number of carbonyl (C=O) groups excluding carboxylic acids is 1. The predicted octanol–water partition coefficient (Wildman–Crippen LogP) is -0.0346. The van der Waals surface area contributed by atoms with Crippen molar-refractivity contribution in [3.8, 4) is 0 Å². The third-order valence-corrected chi connectivity index (χ3v) is 2.78. The Balaban J connectivity index is 2.44. The summed E-state index contributed by atoms with van der Waals surface area (Å²) in [6.07, 6.45) is 0.772. The van der Waals surface area contributed by atoms with Crippen molar-refractivity contribution in [2.45, 2.75) is 32.7 Å². The highest BCUT2D eigenvalue weighted by Gasteiger charge is 2.36. The van der Waals surface area contributed by atoms with Crippen LogP contribution in [0.5, 0.6) is 0 Å². The molecular weight excluding hydrogens is 196 g/mol. The summed E-state index contributed by atoms with van der Waals surface area (Å²) in [7, 11) is 0. The van der Waals surface area contributed by atoms with Crippen LogP contribution in [0.4, 0.5) is 0 Å². The van der Waals surface area contributed by atoms with Crippen LogP contribution in [0.15, 0.2) is 0 Å². The molecule has 0 aromatic heterocycles. The van der Waals surface area contributed by atoms with Gasteiger partial charge in [0.25, 0.3) is 0 Å². The van der Waals surface area contributed by atoms with E-state index in [2.05, 4.69) is 10.6 Å². The first-order valence-electron chi connectivity index (χ1n) is 5.17. The first-order valence-corrected chi connectivity index (χ1v) is 5.17. The van der Waals surface area contributed by atoms with Crippen LogP contribution in [0.2, 0.25) is 0 Å². The normalized spacial score (nSPS) is 27.3. The van der Waals surface area contributed by atoms with E-state index in [4.69, 9.17) is 5.11 Å². The van der Waals surface area contributed by atoms with E-state index in [1.807, 2.05) is 6.92 Å². The van der Waals surface area contributed by atoms with Gasteiger partial charge in [0, 0.05) is 12.6 Å². The van der Waals surface area contributed by atoms with Gasteiger partial charge in [0.15, 0.2) is 0 Å². The molecule has 0 aliphatic carbocycles. The van der Waals surface area contributed by atoms with Gasteiger partial charge in [-0.25, -0.2) is 0 Å². The van der Waals surface area contributed by atoms with Crippen molar-refractivity contribution in [3.63, 3.8) is 0 Å². The first kappa shape index (κ1) is 12.0. The molecule has 5 nitrogen and oxygen atoms in total. The highest BCUT2D eigenvalue weighted by atomic mass is 16.4. The lowest BCUT2D eigenvalue weighted by Crippen LogP contribution is -2.44. The second-order valence-electron chi connectivity index (χ2n) is 4.46. The molecule has 0 aromatic carbocycles. The van der Waals surface area contributed by atoms with Crippen molar-refractivity contribution in [3.05, 3.63) is 0 Å². The van der Waals surface area contributed by atoms with Gasteiger partial charge in [0.1, 0.15) is 0 Å². The Kier molecular flexibility index (Phi) is 3.68. The van der Waals surface area contributed by atoms with Crippen molar-refractivity contribution < 1.29 is 14.7 Å². The topological polar surface area (TPSA) is 78.4 Å². The molecule has 3 N–H and O–H groups in total. The van der Waals surface area contributed by atoms with E-state index < -0.39 is 5.97 Å². The fraction of sp³-hybridized carbons (Fsp3) is 0.800. The summed E-state index contributed by atoms with van der Waals surface area (Å²) in [5.41, 5.74) is -0.382. The first-order chi connectivity index (χ1) is 6.94. The van der Waals surface area contributed by atoms with E-state index in [0.29, 0.717) is 6.54 Å². The van der Waals surface area contributed by atoms with Crippen LogP contribution in [0.3, 0.4) is 0 Å². The van der Waals surface area contributed by atoms with Crippen molar-refractivity contribution in [1.29, 1.82) is 0 Å². The zero-order valence-electron chi connectivity index (χ0n) is 9.17. The average Bonchev–Trinajstić information content (AvgIpc) is 2.51. The molecule has 2 unspecified atom stereocenters. The lowest BCUT2D eigenvalue weighted by molar-refractivity contribution is -0.138. The summed E-state index contributed by atoms with van der Waals surface area (Å²) in [5.74, 6) is -0.946. The highest BCUT2D eigenvalue weighted by molar-refractivity contribution is 5.83. The van der Waals surface area contributed by atoms with Gasteiger partial charge in [-0.05, 0) is 26.8 Å². The molecule has 0 radical (unpaired) electrons. The molecule has 1 saturated heterocycles. The summed E-state index contributed by atoms with van der Waals surface area (Å²) in [5, 5.41) is 14.4. The average molecular weight is 214 g/mol. The minimum atomic E-state index is -0.891. The summed E-state index contributed by atoms with van der Waals surface area (Å²) >= 11 is 0. The molecule has 1 rings (SSSR count). The molecule has 5 heteroatoms. The molecule has 1 aliphatic heterocycles. The smallest absolute Gasteiger partial charge is 0.305 e. The molecule has 15 heavy (non-hydrogen) atoms. The quantitative estimate of drug-likeness (QED) is 0.614. The maximum atomic E-state index is 11.8. The van der Waals surface area contributed by atoms with Gasteiger partial charge in [-0.1, -0.05) is 0 Å². The van der Waals surface area contributed by atoms with Gasteiger partial charge in [0.05, 0.1) is 11.8 Å². The Morgan fingerprint density at radius 2 is 2.27 bits per heavy atom. The Morgan fingerprint density at radius 1 is 1.60 bits per heavy atom. The van der Waals surface area contributed by atoms with Crippen LogP contribution in [0.25, 0.3) is 0 Å². The van der Waals surface area contributed by atoms with E-state index in [1.54, 1.807) is 6.92 Å². The van der Waals surface area contributed by atoms with Crippen molar-refractivity contribution in [2.75, 3.05) is 13.1 Å². The number of carboxylic acids is 1. The molecule has 1 aliphatic rings. The third kappa shape index (κ3) is 3.20. The summed E-state index contributed by atoms with van der Waals surface area (Å²) in [4.78, 5) is 22.2. The number of rotatable bonds is 4. The number of nitrogens with one attached hydrogen (secondary N) is 2. The van der Waals surface area contributed by atoms with Crippen molar-refractivity contribution in [1.82, 2.24) is 10.6 Å². The molecule has 1 fully saturated rings. The molecule has 0 aromatic rings. The molecule has 0 bridgehead atoms. The van der Waals surface area contributed by atoms with Crippen LogP contribution in [0, 0.1) is 5.41 Å². The summed E-state index contributed by atoms with van der Waals surface area (Å²) in [6, 6.07) is -0.313. The van der Waals surface area contributed by atoms with Gasteiger partial charge < -0.3 is 15.7 Å². The fourth-order valence-corrected chi connectivity index (χ4v) is 1.72. The van der Waals surface area contributed by atoms with Crippen LogP contribution >= 0.6 is 0 Å². The van der Waals surface area contributed by atoms with E-state index >= 15 is 0 Å². The second-order valence-corrected chi connectivity index (χ2v) is 4.46. The number of amides is 1. The molecule has 1 amide bonds. The van der Waals surface area contributed by atoms with E-state index in [1.165, 1.54) is 0 Å². The molecule has 86 valence electrons. The van der Waals surface area contributed by atoms with Crippen molar-refractivity contribution >= 4 is 11.9 Å². The number of carbonyl (C=O) groups is 2. The molecule has 1 heterocycles. The molecule has 0 saturated carbocycles. The second kappa shape index (κ2) is 4.61. The van der Waals surface area contributed by atoms with Crippen LogP contribution in [-0.2, 0) is 9.59 Å². The Labute approximate surface area is 89.2 Å². The SMILES string of the molecule is CC(CC(=O)O)NC(=O)C1(C)CCNC1. The number of carboxylic acid groups (broad SMARTS) is 1. The van der Waals surface area contributed by atoms with Crippen LogP contribution in [0.1, 0.15) is 26.7 Å². The Morgan fingerprint density at radius 3 is 2.73 bits per heavy atom. The van der Waals surface area contributed by atoms with Gasteiger partial charge in [0.2, 0.25) is 5.91 Å². The zero-order valence-corrected chi connectivity index (χ0v) is 9.17. The summed E-state index contributed by atoms with van der Waals surface area (Å²) < 4.78 is 0. The Bertz CT molecular complexity index is 259. The maximum Gasteiger partial charge on any atom is 0.305 e. The van der Waals surface area contributed by atoms with E-state index in [9.17, 15) is 9.59 Å². The Hall–Kier alpha value is -1.10. The van der Waals surface area contributed by atoms with Gasteiger partial charge in [-0.2, -0.15) is 0 Å². The van der Waals surface area contributed by atoms with Crippen LogP contribution < -0.4 is 10.6 Å². The van der Waals surface area contributed by atoms with E-state index in [0.717, 1.165) is 13.0 Å². The molecule has 2 atom stereocenters. The summed E-state index contributed by atoms with van der Waals surface area (Å²) in [6.45, 7) is 5.11. The van der Waals surface area contributed by atoms with Crippen molar-refractivity contribution in [2.24, 2.45) is 5.41 Å². The van der Waals surface area contributed by atoms with E-state index in [-0.39, 0.29) is 23.8 Å². The van der Waals surface area contributed by atoms with Gasteiger partial charge in [-0.3, -0.25) is 9.59 Å². The third-order valence-electron chi connectivity index (χ3n) is 2.78. The lowest BCUT2D eigenvalue weighted by Gasteiger charge is -2.23. The fourth-order valence-electron chi connectivity index (χ4n) is 1.72. The largest absolute Gasteiger partial charge is 0.481 e. The van der Waals surface area contributed by atoms with Crippen LogP contribution in [-0.4, -0.2) is 36.1 Å². The number of aliphatic carboxylic acids is 1. The molecular formula is C10H18N2O3. The number of hydrogen-bond acceptors (Lipinski definition) is 3. The number of hydrogen-bond donors (Lipinski definition) is 3. The monoisotopic (exact) mass is 214 g/mol. The highest BCUT2D eigenvalue weighted by Crippen LogP contribution is 2.24. The molecule has 0 spiro atoms. The van der Waals surface area contributed by atoms with Gasteiger partial charge in [-0.15, -0.1) is 0 Å².